The van der Waals surface area contributed by atoms with E-state index in [9.17, 15) is 0 Å². The minimum absolute atomic E-state index is 0.170. The van der Waals surface area contributed by atoms with Gasteiger partial charge in [0.2, 0.25) is 0 Å². The second-order valence-corrected chi connectivity index (χ2v) is 12.6. The Balaban J connectivity index is 1.07. The lowest BCUT2D eigenvalue weighted by atomic mass is 10.00. The van der Waals surface area contributed by atoms with Gasteiger partial charge in [-0.1, -0.05) is 127 Å². The minimum Gasteiger partial charge on any atom is -0.456 e. The first kappa shape index (κ1) is 24.3. The van der Waals surface area contributed by atoms with Gasteiger partial charge in [0, 0.05) is 44.2 Å². The number of benzene rings is 8. The summed E-state index contributed by atoms with van der Waals surface area (Å²) in [6.07, 6.45) is 0. The normalized spacial score (nSPS) is 12.9. The Morgan fingerprint density at radius 2 is 0.961 bits per heavy atom. The number of hydrogen-bond acceptors (Lipinski definition) is 3. The summed E-state index contributed by atoms with van der Waals surface area (Å²) in [5, 5.41) is 4.14. The van der Waals surface area contributed by atoms with Gasteiger partial charge in [-0.15, -0.1) is 0 Å². The number of anilines is 3. The molecule has 0 aliphatic rings. The molecular formula is C48H31NO2. The van der Waals surface area contributed by atoms with Crippen LogP contribution >= 0.6 is 0 Å². The van der Waals surface area contributed by atoms with Crippen LogP contribution in [-0.4, -0.2) is 0 Å². The maximum Gasteiger partial charge on any atom is 0.143 e. The van der Waals surface area contributed by atoms with Crippen LogP contribution < -0.4 is 4.90 Å². The molecule has 3 heteroatoms. The first-order chi connectivity index (χ1) is 27.3. The highest BCUT2D eigenvalue weighted by Gasteiger charge is 2.17. The monoisotopic (exact) mass is 658 g/mol. The van der Waals surface area contributed by atoms with E-state index < -0.39 is 6.04 Å². The summed E-state index contributed by atoms with van der Waals surface area (Å²) in [6.45, 7) is 0. The molecule has 0 saturated heterocycles. The molecule has 10 rings (SSSR count). The van der Waals surface area contributed by atoms with E-state index >= 15 is 0 Å². The van der Waals surface area contributed by atoms with Gasteiger partial charge in [0.1, 0.15) is 22.3 Å². The van der Waals surface area contributed by atoms with Crippen LogP contribution in [0.5, 0.6) is 0 Å². The molecule has 0 atom stereocenters. The molecule has 8 aromatic carbocycles. The van der Waals surface area contributed by atoms with Gasteiger partial charge in [-0.05, 0) is 88.5 Å². The number of fused-ring (bicyclic) bond motifs is 6. The molecule has 0 N–H and O–H groups in total. The Hall–Kier alpha value is -6.84. The molecule has 2 aromatic heterocycles. The molecule has 0 fully saturated rings. The fourth-order valence-corrected chi connectivity index (χ4v) is 7.10. The van der Waals surface area contributed by atoms with Gasteiger partial charge in [0.05, 0.1) is 6.85 Å². The van der Waals surface area contributed by atoms with Crippen molar-refractivity contribution in [1.29, 1.82) is 0 Å². The maximum absolute atomic E-state index is 8.52. The Kier molecular flexibility index (Phi) is 5.69. The summed E-state index contributed by atoms with van der Waals surface area (Å²) in [5.74, 6) is 0. The third kappa shape index (κ3) is 5.06. The van der Waals surface area contributed by atoms with Crippen molar-refractivity contribution in [2.24, 2.45) is 0 Å². The lowest BCUT2D eigenvalue weighted by Crippen LogP contribution is -2.09. The standard InChI is InChI=1S/C48H31NO2/c1-3-10-32(11-4-1)33-18-23-37(24-19-33)49(39-27-29-46-44(31-39)41-14-7-8-17-45(41)50-46)38-25-20-34(21-26-38)36-22-28-47-43(30-36)42-16-9-15-40(48(42)51-47)35-12-5-2-6-13-35/h1-31H/i1D,3D,4D,10D,11D. The largest absolute Gasteiger partial charge is 0.456 e. The number of nitrogens with zero attached hydrogens (tertiary/aromatic N) is 1. The summed E-state index contributed by atoms with van der Waals surface area (Å²) in [4.78, 5) is 2.15. The van der Waals surface area contributed by atoms with E-state index in [0.29, 0.717) is 5.56 Å². The van der Waals surface area contributed by atoms with E-state index in [1.165, 1.54) is 0 Å². The van der Waals surface area contributed by atoms with Gasteiger partial charge in [-0.2, -0.15) is 0 Å². The van der Waals surface area contributed by atoms with Crippen molar-refractivity contribution in [2.45, 2.75) is 0 Å². The fourth-order valence-electron chi connectivity index (χ4n) is 7.10. The van der Waals surface area contributed by atoms with Gasteiger partial charge in [0.15, 0.2) is 0 Å². The van der Waals surface area contributed by atoms with E-state index in [0.717, 1.165) is 83.2 Å². The number of furan rings is 2. The zero-order valence-corrected chi connectivity index (χ0v) is 27.3. The van der Waals surface area contributed by atoms with Crippen LogP contribution in [0.25, 0.3) is 77.3 Å². The quantitative estimate of drug-likeness (QED) is 0.178. The van der Waals surface area contributed by atoms with Gasteiger partial charge in [-0.25, -0.2) is 0 Å². The lowest BCUT2D eigenvalue weighted by Gasteiger charge is -2.26. The molecule has 0 saturated carbocycles. The van der Waals surface area contributed by atoms with Crippen LogP contribution in [0, 0.1) is 0 Å². The van der Waals surface area contributed by atoms with Crippen LogP contribution in [0.1, 0.15) is 6.85 Å². The van der Waals surface area contributed by atoms with Crippen molar-refractivity contribution in [3.05, 3.63) is 188 Å². The molecular weight excluding hydrogens is 623 g/mol. The predicted molar refractivity (Wildman–Crippen MR) is 212 cm³/mol. The van der Waals surface area contributed by atoms with E-state index in [1.807, 2.05) is 78.9 Å². The SMILES string of the molecule is [2H]c1c([2H])c([2H])c(-c2ccc(N(c3ccc(-c4ccc5oc6c(-c7ccccc7)cccc6c5c4)cc3)c3ccc4oc5ccccc5c4c3)cc2)c([2H])c1[2H]. The summed E-state index contributed by atoms with van der Waals surface area (Å²) < 4.78 is 54.0. The van der Waals surface area contributed by atoms with Crippen molar-refractivity contribution in [2.75, 3.05) is 4.90 Å². The summed E-state index contributed by atoms with van der Waals surface area (Å²) >= 11 is 0. The Morgan fingerprint density at radius 1 is 0.373 bits per heavy atom. The van der Waals surface area contributed by atoms with Crippen molar-refractivity contribution < 1.29 is 15.7 Å². The van der Waals surface area contributed by atoms with E-state index in [1.54, 1.807) is 0 Å². The van der Waals surface area contributed by atoms with Gasteiger partial charge >= 0.3 is 0 Å². The molecule has 0 radical (unpaired) electrons. The predicted octanol–water partition coefficient (Wildman–Crippen LogP) is 14.0. The van der Waals surface area contributed by atoms with Crippen molar-refractivity contribution >= 4 is 60.9 Å². The molecule has 0 bridgehead atoms. The van der Waals surface area contributed by atoms with Crippen LogP contribution in [0.3, 0.4) is 0 Å². The second-order valence-electron chi connectivity index (χ2n) is 12.6. The highest BCUT2D eigenvalue weighted by molar-refractivity contribution is 6.11. The number of rotatable bonds is 6. The third-order valence-electron chi connectivity index (χ3n) is 9.57. The molecule has 3 nitrogen and oxygen atoms in total. The first-order valence-corrected chi connectivity index (χ1v) is 16.8. The van der Waals surface area contributed by atoms with Crippen LogP contribution in [0.4, 0.5) is 17.1 Å². The van der Waals surface area contributed by atoms with Gasteiger partial charge in [-0.3, -0.25) is 0 Å². The van der Waals surface area contributed by atoms with Crippen molar-refractivity contribution in [3.63, 3.8) is 0 Å². The average Bonchev–Trinajstić information content (AvgIpc) is 3.81. The van der Waals surface area contributed by atoms with E-state index in [-0.39, 0.29) is 29.7 Å². The van der Waals surface area contributed by atoms with E-state index in [2.05, 4.69) is 83.8 Å². The zero-order chi connectivity index (χ0) is 38.1. The summed E-state index contributed by atoms with van der Waals surface area (Å²) in [6, 6.07) is 51.4. The third-order valence-corrected chi connectivity index (χ3v) is 9.57. The summed E-state index contributed by atoms with van der Waals surface area (Å²) in [5.41, 5.74) is 11.0. The second kappa shape index (κ2) is 11.9. The lowest BCUT2D eigenvalue weighted by molar-refractivity contribution is 0.669. The van der Waals surface area contributed by atoms with Gasteiger partial charge in [0.25, 0.3) is 0 Å². The smallest absolute Gasteiger partial charge is 0.143 e. The molecule has 0 aliphatic carbocycles. The Morgan fingerprint density at radius 3 is 1.75 bits per heavy atom. The topological polar surface area (TPSA) is 29.5 Å². The Bertz CT molecular complexity index is 3100. The van der Waals surface area contributed by atoms with Crippen LogP contribution in [0.2, 0.25) is 0 Å². The highest BCUT2D eigenvalue weighted by atomic mass is 16.3. The molecule has 10 aromatic rings. The van der Waals surface area contributed by atoms with Crippen LogP contribution in [-0.2, 0) is 0 Å². The molecule has 51 heavy (non-hydrogen) atoms. The van der Waals surface area contributed by atoms with E-state index in [4.69, 9.17) is 15.7 Å². The molecule has 2 heterocycles. The fraction of sp³-hybridized carbons (Fsp3) is 0. The van der Waals surface area contributed by atoms with Crippen LogP contribution in [0.15, 0.2) is 197 Å². The maximum atomic E-state index is 8.52. The molecule has 0 amide bonds. The molecule has 0 unspecified atom stereocenters. The van der Waals surface area contributed by atoms with Crippen molar-refractivity contribution in [1.82, 2.24) is 0 Å². The molecule has 0 spiro atoms. The summed E-state index contributed by atoms with van der Waals surface area (Å²) in [7, 11) is 0. The number of hydrogen-bond donors (Lipinski definition) is 0. The number of para-hydroxylation sites is 2. The average molecular weight is 659 g/mol. The first-order valence-electron chi connectivity index (χ1n) is 19.3. The zero-order valence-electron chi connectivity index (χ0n) is 32.3. The minimum atomic E-state index is -0.410. The molecule has 240 valence electrons. The van der Waals surface area contributed by atoms with Gasteiger partial charge < -0.3 is 13.7 Å². The molecule has 0 aliphatic heterocycles. The highest BCUT2D eigenvalue weighted by Crippen LogP contribution is 2.41. The van der Waals surface area contributed by atoms with Crippen molar-refractivity contribution in [3.8, 4) is 33.4 Å². The Labute approximate surface area is 302 Å².